The van der Waals surface area contributed by atoms with E-state index in [1.54, 1.807) is 18.2 Å². The van der Waals surface area contributed by atoms with Gasteiger partial charge >= 0.3 is 0 Å². The van der Waals surface area contributed by atoms with Gasteiger partial charge in [-0.2, -0.15) is 0 Å². The van der Waals surface area contributed by atoms with Crippen molar-refractivity contribution in [1.29, 1.82) is 0 Å². The Morgan fingerprint density at radius 2 is 2.40 bits per heavy atom. The average molecular weight is 223 g/mol. The summed E-state index contributed by atoms with van der Waals surface area (Å²) in [4.78, 5) is 14.2. The Morgan fingerprint density at radius 1 is 1.60 bits per heavy atom. The summed E-state index contributed by atoms with van der Waals surface area (Å²) in [6, 6.07) is 5.07. The standard InChI is InChI=1S/C9H8N2O3S/c10-9-11-6-2-1-5(3-7(6)15-9)14-4-8(12)13/h1-3H,4H2,(H2,10,11)(H,12,13)/p-1. The molecule has 0 fully saturated rings. The van der Waals surface area contributed by atoms with Crippen LogP contribution in [0.1, 0.15) is 0 Å². The molecule has 0 spiro atoms. The number of nitrogens with two attached hydrogens (primary N) is 1. The van der Waals surface area contributed by atoms with Crippen LogP contribution in [0.15, 0.2) is 18.2 Å². The van der Waals surface area contributed by atoms with E-state index in [1.807, 2.05) is 0 Å². The van der Waals surface area contributed by atoms with Gasteiger partial charge in [0, 0.05) is 0 Å². The van der Waals surface area contributed by atoms with Crippen molar-refractivity contribution in [2.45, 2.75) is 0 Å². The lowest BCUT2D eigenvalue weighted by molar-refractivity contribution is -0.307. The van der Waals surface area contributed by atoms with E-state index < -0.39 is 12.6 Å². The highest BCUT2D eigenvalue weighted by molar-refractivity contribution is 7.22. The summed E-state index contributed by atoms with van der Waals surface area (Å²) < 4.78 is 5.83. The topological polar surface area (TPSA) is 88.3 Å². The van der Waals surface area contributed by atoms with Gasteiger partial charge in [-0.15, -0.1) is 0 Å². The van der Waals surface area contributed by atoms with E-state index in [2.05, 4.69) is 4.98 Å². The summed E-state index contributed by atoms with van der Waals surface area (Å²) in [6.07, 6.45) is 0. The molecular weight excluding hydrogens is 216 g/mol. The van der Waals surface area contributed by atoms with Crippen molar-refractivity contribution in [2.24, 2.45) is 0 Å². The van der Waals surface area contributed by atoms with Gasteiger partial charge in [-0.3, -0.25) is 0 Å². The first-order valence-electron chi connectivity index (χ1n) is 4.14. The monoisotopic (exact) mass is 223 g/mol. The van der Waals surface area contributed by atoms with Crippen LogP contribution in [-0.4, -0.2) is 17.6 Å². The van der Waals surface area contributed by atoms with E-state index in [4.69, 9.17) is 10.5 Å². The van der Waals surface area contributed by atoms with Crippen LogP contribution >= 0.6 is 11.3 Å². The molecule has 1 heterocycles. The summed E-state index contributed by atoms with van der Waals surface area (Å²) in [7, 11) is 0. The SMILES string of the molecule is Nc1nc2ccc(OCC(=O)[O-])cc2s1. The number of benzene rings is 1. The second kappa shape index (κ2) is 3.74. The van der Waals surface area contributed by atoms with Gasteiger partial charge in [0.2, 0.25) is 0 Å². The first kappa shape index (κ1) is 9.72. The zero-order valence-electron chi connectivity index (χ0n) is 7.60. The molecule has 0 bridgehead atoms. The molecule has 0 unspecified atom stereocenters. The summed E-state index contributed by atoms with van der Waals surface area (Å²) in [5.41, 5.74) is 6.30. The number of hydrogen-bond acceptors (Lipinski definition) is 6. The van der Waals surface area contributed by atoms with Gasteiger partial charge in [-0.25, -0.2) is 4.98 Å². The van der Waals surface area contributed by atoms with Crippen LogP contribution in [0.25, 0.3) is 10.2 Å². The highest BCUT2D eigenvalue weighted by atomic mass is 32.1. The Labute approximate surface area is 89.1 Å². The van der Waals surface area contributed by atoms with E-state index >= 15 is 0 Å². The van der Waals surface area contributed by atoms with Gasteiger partial charge < -0.3 is 20.4 Å². The Kier molecular flexibility index (Phi) is 2.42. The first-order chi connectivity index (χ1) is 7.15. The fourth-order valence-electron chi connectivity index (χ4n) is 1.15. The number of ether oxygens (including phenoxy) is 1. The van der Waals surface area contributed by atoms with E-state index in [1.165, 1.54) is 11.3 Å². The molecule has 0 aliphatic carbocycles. The molecule has 0 saturated carbocycles. The number of aliphatic carboxylic acids is 1. The fraction of sp³-hybridized carbons (Fsp3) is 0.111. The number of thiazole rings is 1. The highest BCUT2D eigenvalue weighted by Crippen LogP contribution is 2.27. The Balaban J connectivity index is 2.26. The zero-order valence-corrected chi connectivity index (χ0v) is 8.41. The minimum absolute atomic E-state index is 0.459. The number of hydrogen-bond donors (Lipinski definition) is 1. The molecule has 1 aromatic carbocycles. The maximum Gasteiger partial charge on any atom is 0.181 e. The summed E-state index contributed by atoms with van der Waals surface area (Å²) in [5, 5.41) is 10.6. The molecule has 0 radical (unpaired) electrons. The number of carbonyl (C=O) groups is 1. The molecule has 0 aliphatic rings. The number of nitrogen functional groups attached to an aromatic ring is 1. The largest absolute Gasteiger partial charge is 0.546 e. The number of rotatable bonds is 3. The molecule has 2 aromatic rings. The number of nitrogens with zero attached hydrogens (tertiary/aromatic N) is 1. The van der Waals surface area contributed by atoms with Crippen molar-refractivity contribution in [2.75, 3.05) is 12.3 Å². The molecule has 1 aromatic heterocycles. The van der Waals surface area contributed by atoms with Crippen molar-refractivity contribution < 1.29 is 14.6 Å². The van der Waals surface area contributed by atoms with Gasteiger partial charge in [0.25, 0.3) is 0 Å². The Morgan fingerprint density at radius 3 is 3.13 bits per heavy atom. The third-order valence-corrected chi connectivity index (χ3v) is 2.58. The quantitative estimate of drug-likeness (QED) is 0.791. The summed E-state index contributed by atoms with van der Waals surface area (Å²) in [5.74, 6) is -0.783. The van der Waals surface area contributed by atoms with Crippen molar-refractivity contribution >= 4 is 32.7 Å². The average Bonchev–Trinajstić information content (AvgIpc) is 2.53. The van der Waals surface area contributed by atoms with Crippen molar-refractivity contribution in [3.8, 4) is 5.75 Å². The lowest BCUT2D eigenvalue weighted by Crippen LogP contribution is -2.28. The number of carboxylic acid groups (broad SMARTS) is 1. The fourth-order valence-corrected chi connectivity index (χ4v) is 1.92. The molecule has 0 aliphatic heterocycles. The lowest BCUT2D eigenvalue weighted by Gasteiger charge is -2.05. The maximum atomic E-state index is 10.2. The molecule has 2 N–H and O–H groups in total. The summed E-state index contributed by atoms with van der Waals surface area (Å²) in [6.45, 7) is -0.459. The molecule has 6 heteroatoms. The van der Waals surface area contributed by atoms with E-state index in [9.17, 15) is 9.90 Å². The van der Waals surface area contributed by atoms with Crippen LogP contribution in [0, 0.1) is 0 Å². The highest BCUT2D eigenvalue weighted by Gasteiger charge is 2.02. The third kappa shape index (κ3) is 2.16. The van der Waals surface area contributed by atoms with Gasteiger partial charge in [0.15, 0.2) is 5.13 Å². The van der Waals surface area contributed by atoms with Crippen LogP contribution in [0.2, 0.25) is 0 Å². The van der Waals surface area contributed by atoms with Crippen LogP contribution in [0.5, 0.6) is 5.75 Å². The minimum Gasteiger partial charge on any atom is -0.546 e. The van der Waals surface area contributed by atoms with Crippen LogP contribution in [-0.2, 0) is 4.79 Å². The van der Waals surface area contributed by atoms with Gasteiger partial charge in [-0.05, 0) is 18.2 Å². The minimum atomic E-state index is -1.25. The molecule has 0 atom stereocenters. The Bertz CT molecular complexity index is 509. The van der Waals surface area contributed by atoms with Crippen LogP contribution < -0.4 is 15.6 Å². The predicted octanol–water partition coefficient (Wildman–Crippen LogP) is 0.00720. The van der Waals surface area contributed by atoms with Crippen LogP contribution in [0.3, 0.4) is 0 Å². The first-order valence-corrected chi connectivity index (χ1v) is 4.95. The number of aromatic nitrogens is 1. The van der Waals surface area contributed by atoms with E-state index in [-0.39, 0.29) is 0 Å². The van der Waals surface area contributed by atoms with Crippen molar-refractivity contribution in [3.05, 3.63) is 18.2 Å². The lowest BCUT2D eigenvalue weighted by atomic mass is 10.3. The number of fused-ring (bicyclic) bond motifs is 1. The number of anilines is 1. The molecule has 5 nitrogen and oxygen atoms in total. The molecule has 2 rings (SSSR count). The molecule has 0 amide bonds. The summed E-state index contributed by atoms with van der Waals surface area (Å²) >= 11 is 1.32. The smallest absolute Gasteiger partial charge is 0.181 e. The predicted molar refractivity (Wildman–Crippen MR) is 54.5 cm³/mol. The molecule has 0 saturated heterocycles. The van der Waals surface area contributed by atoms with Gasteiger partial charge in [0.1, 0.15) is 12.4 Å². The van der Waals surface area contributed by atoms with Crippen molar-refractivity contribution in [1.82, 2.24) is 4.98 Å². The molecule has 78 valence electrons. The van der Waals surface area contributed by atoms with E-state index in [0.717, 1.165) is 10.2 Å². The van der Waals surface area contributed by atoms with Gasteiger partial charge in [0.05, 0.1) is 16.2 Å². The molecular formula is C9H7N2O3S-. The third-order valence-electron chi connectivity index (χ3n) is 1.73. The number of carbonyl (C=O) groups excluding carboxylic acids is 1. The second-order valence-electron chi connectivity index (χ2n) is 2.84. The Hall–Kier alpha value is -1.82. The maximum absolute atomic E-state index is 10.2. The normalized spacial score (nSPS) is 10.4. The van der Waals surface area contributed by atoms with Crippen LogP contribution in [0.4, 0.5) is 5.13 Å². The van der Waals surface area contributed by atoms with Gasteiger partial charge in [-0.1, -0.05) is 11.3 Å². The second-order valence-corrected chi connectivity index (χ2v) is 3.90. The molecule has 15 heavy (non-hydrogen) atoms. The zero-order chi connectivity index (χ0) is 10.8. The number of carboxylic acids is 1. The van der Waals surface area contributed by atoms with Crippen molar-refractivity contribution in [3.63, 3.8) is 0 Å². The van der Waals surface area contributed by atoms with E-state index in [0.29, 0.717) is 10.9 Å².